The largest absolute Gasteiger partial charge is 0.507 e. The summed E-state index contributed by atoms with van der Waals surface area (Å²) in [6, 6.07) is 0. The molecule has 0 saturated carbocycles. The molecule has 4 nitrogen and oxygen atoms in total. The van der Waals surface area contributed by atoms with E-state index in [-0.39, 0.29) is 34.5 Å². The molecule has 0 unspecified atom stereocenters. The van der Waals surface area contributed by atoms with Crippen molar-refractivity contribution in [2.75, 3.05) is 7.11 Å². The number of phenols is 2. The maximum atomic E-state index is 12.2. The molecule has 0 aliphatic heterocycles. The molecular weight excluding hydrogens is 244 g/mol. The molecule has 1 rings (SSSR count). The number of phenolic OH excluding ortho intramolecular Hbond substituents is 2. The quantitative estimate of drug-likeness (QED) is 0.800. The number of aromatic hydroxyl groups is 2. The predicted molar refractivity (Wildman–Crippen MR) is 74.4 cm³/mol. The fraction of sp³-hybridized carbons (Fsp3) is 0.533. The molecule has 0 atom stereocenters. The zero-order valence-electron chi connectivity index (χ0n) is 12.2. The molecule has 19 heavy (non-hydrogen) atoms. The Bertz CT molecular complexity index is 490. The SMILES string of the molecule is CCCC(=O)c1c(O)c(C(C)C)c(O)c(C)c1OC. The molecule has 0 aliphatic carbocycles. The summed E-state index contributed by atoms with van der Waals surface area (Å²) in [5, 5.41) is 20.5. The smallest absolute Gasteiger partial charge is 0.170 e. The highest BCUT2D eigenvalue weighted by molar-refractivity contribution is 6.02. The van der Waals surface area contributed by atoms with Gasteiger partial charge in [0.15, 0.2) is 5.78 Å². The van der Waals surface area contributed by atoms with Crippen LogP contribution in [0.15, 0.2) is 0 Å². The Labute approximate surface area is 114 Å². The summed E-state index contributed by atoms with van der Waals surface area (Å²) in [6.45, 7) is 7.30. The van der Waals surface area contributed by atoms with Crippen LogP contribution in [0.3, 0.4) is 0 Å². The minimum Gasteiger partial charge on any atom is -0.507 e. The average Bonchev–Trinajstić information content (AvgIpc) is 2.33. The van der Waals surface area contributed by atoms with Gasteiger partial charge in [-0.05, 0) is 19.3 Å². The second kappa shape index (κ2) is 5.95. The summed E-state index contributed by atoms with van der Waals surface area (Å²) in [5.41, 5.74) is 1.07. The molecule has 1 aromatic carbocycles. The van der Waals surface area contributed by atoms with Crippen molar-refractivity contribution in [3.63, 3.8) is 0 Å². The zero-order chi connectivity index (χ0) is 14.7. The third kappa shape index (κ3) is 2.67. The number of ether oxygens (including phenoxy) is 1. The molecule has 0 amide bonds. The van der Waals surface area contributed by atoms with Crippen LogP contribution >= 0.6 is 0 Å². The number of methoxy groups -OCH3 is 1. The van der Waals surface area contributed by atoms with Crippen molar-refractivity contribution in [1.82, 2.24) is 0 Å². The Morgan fingerprint density at radius 2 is 1.84 bits per heavy atom. The first-order valence-corrected chi connectivity index (χ1v) is 6.52. The second-order valence-corrected chi connectivity index (χ2v) is 4.97. The first-order chi connectivity index (χ1) is 8.86. The van der Waals surface area contributed by atoms with Crippen molar-refractivity contribution in [2.45, 2.75) is 46.5 Å². The molecule has 2 N–H and O–H groups in total. The first-order valence-electron chi connectivity index (χ1n) is 6.52. The van der Waals surface area contributed by atoms with Crippen molar-refractivity contribution < 1.29 is 19.7 Å². The van der Waals surface area contributed by atoms with Gasteiger partial charge in [0.25, 0.3) is 0 Å². The van der Waals surface area contributed by atoms with Crippen LogP contribution in [0.1, 0.15) is 61.0 Å². The van der Waals surface area contributed by atoms with Gasteiger partial charge in [0.1, 0.15) is 22.8 Å². The molecule has 106 valence electrons. The van der Waals surface area contributed by atoms with Crippen LogP contribution < -0.4 is 4.74 Å². The lowest BCUT2D eigenvalue weighted by molar-refractivity contribution is 0.0975. The maximum Gasteiger partial charge on any atom is 0.170 e. The topological polar surface area (TPSA) is 66.8 Å². The van der Waals surface area contributed by atoms with E-state index in [1.807, 2.05) is 20.8 Å². The van der Waals surface area contributed by atoms with Gasteiger partial charge in [-0.15, -0.1) is 0 Å². The molecule has 0 heterocycles. The van der Waals surface area contributed by atoms with E-state index in [4.69, 9.17) is 4.74 Å². The first kappa shape index (κ1) is 15.3. The van der Waals surface area contributed by atoms with Crippen molar-refractivity contribution in [3.8, 4) is 17.2 Å². The summed E-state index contributed by atoms with van der Waals surface area (Å²) in [4.78, 5) is 12.2. The predicted octanol–water partition coefficient (Wildman–Crippen LogP) is 3.52. The minimum absolute atomic E-state index is 0.00241. The van der Waals surface area contributed by atoms with Crippen molar-refractivity contribution in [2.24, 2.45) is 0 Å². The van der Waals surface area contributed by atoms with E-state index in [0.29, 0.717) is 24.0 Å². The van der Waals surface area contributed by atoms with Gasteiger partial charge in [0, 0.05) is 17.5 Å². The highest BCUT2D eigenvalue weighted by Crippen LogP contribution is 2.45. The number of Topliss-reactive ketones (excluding diaryl/α,β-unsaturated/α-hetero) is 1. The van der Waals surface area contributed by atoms with Gasteiger partial charge in [-0.2, -0.15) is 0 Å². The van der Waals surface area contributed by atoms with Crippen LogP contribution in [0.4, 0.5) is 0 Å². The van der Waals surface area contributed by atoms with Gasteiger partial charge < -0.3 is 14.9 Å². The molecule has 0 fully saturated rings. The van der Waals surface area contributed by atoms with E-state index in [9.17, 15) is 15.0 Å². The van der Waals surface area contributed by atoms with Crippen LogP contribution in [0.25, 0.3) is 0 Å². The zero-order valence-corrected chi connectivity index (χ0v) is 12.2. The highest BCUT2D eigenvalue weighted by Gasteiger charge is 2.27. The summed E-state index contributed by atoms with van der Waals surface area (Å²) in [7, 11) is 1.43. The summed E-state index contributed by atoms with van der Waals surface area (Å²) >= 11 is 0. The molecule has 0 aliphatic rings. The third-order valence-electron chi connectivity index (χ3n) is 3.21. The van der Waals surface area contributed by atoms with E-state index >= 15 is 0 Å². The Balaban J connectivity index is 3.64. The number of benzene rings is 1. The summed E-state index contributed by atoms with van der Waals surface area (Å²) in [5.74, 6) is -0.150. The molecule has 0 saturated heterocycles. The van der Waals surface area contributed by atoms with Crippen molar-refractivity contribution >= 4 is 5.78 Å². The summed E-state index contributed by atoms with van der Waals surface area (Å²) in [6.07, 6.45) is 1.03. The van der Waals surface area contributed by atoms with Crippen LogP contribution in [0.5, 0.6) is 17.2 Å². The monoisotopic (exact) mass is 266 g/mol. The molecule has 0 aromatic heterocycles. The average molecular weight is 266 g/mol. The lowest BCUT2D eigenvalue weighted by Gasteiger charge is -2.19. The number of ketones is 1. The Hall–Kier alpha value is -1.71. The van der Waals surface area contributed by atoms with Gasteiger partial charge in [-0.25, -0.2) is 0 Å². The minimum atomic E-state index is -0.165. The molecule has 1 aromatic rings. The number of hydrogen-bond acceptors (Lipinski definition) is 4. The fourth-order valence-corrected chi connectivity index (χ4v) is 2.26. The van der Waals surface area contributed by atoms with Crippen molar-refractivity contribution in [3.05, 3.63) is 16.7 Å². The molecule has 4 heteroatoms. The Morgan fingerprint density at radius 1 is 1.26 bits per heavy atom. The molecule has 0 bridgehead atoms. The van der Waals surface area contributed by atoms with E-state index in [1.54, 1.807) is 6.92 Å². The van der Waals surface area contributed by atoms with Crippen molar-refractivity contribution in [1.29, 1.82) is 0 Å². The van der Waals surface area contributed by atoms with E-state index in [1.165, 1.54) is 7.11 Å². The van der Waals surface area contributed by atoms with E-state index < -0.39 is 0 Å². The van der Waals surface area contributed by atoms with E-state index in [0.717, 1.165) is 0 Å². The van der Waals surface area contributed by atoms with E-state index in [2.05, 4.69) is 0 Å². The lowest BCUT2D eigenvalue weighted by atomic mass is 9.91. The number of carbonyl (C=O) groups is 1. The fourth-order valence-electron chi connectivity index (χ4n) is 2.26. The Morgan fingerprint density at radius 3 is 2.26 bits per heavy atom. The van der Waals surface area contributed by atoms with Gasteiger partial charge in [-0.1, -0.05) is 20.8 Å². The molecular formula is C15H22O4. The standard InChI is InChI=1S/C15H22O4/c1-6-7-10(16)12-14(18)11(8(2)3)13(17)9(4)15(12)19-5/h8,17-18H,6-7H2,1-5H3. The van der Waals surface area contributed by atoms with Gasteiger partial charge >= 0.3 is 0 Å². The van der Waals surface area contributed by atoms with Crippen LogP contribution in [0.2, 0.25) is 0 Å². The van der Waals surface area contributed by atoms with Gasteiger partial charge in [0.05, 0.1) is 7.11 Å². The van der Waals surface area contributed by atoms with Gasteiger partial charge in [-0.3, -0.25) is 4.79 Å². The highest BCUT2D eigenvalue weighted by atomic mass is 16.5. The number of rotatable bonds is 5. The second-order valence-electron chi connectivity index (χ2n) is 4.97. The number of carbonyl (C=O) groups excluding carboxylic acids is 1. The normalized spacial score (nSPS) is 10.8. The number of hydrogen-bond donors (Lipinski definition) is 2. The van der Waals surface area contributed by atoms with Gasteiger partial charge in [0.2, 0.25) is 0 Å². The molecule has 0 spiro atoms. The van der Waals surface area contributed by atoms with Crippen LogP contribution in [-0.4, -0.2) is 23.1 Å². The third-order valence-corrected chi connectivity index (χ3v) is 3.21. The van der Waals surface area contributed by atoms with Crippen LogP contribution in [0, 0.1) is 6.92 Å². The summed E-state index contributed by atoms with van der Waals surface area (Å²) < 4.78 is 5.20. The van der Waals surface area contributed by atoms with Crippen LogP contribution in [-0.2, 0) is 0 Å². The Kier molecular flexibility index (Phi) is 4.81. The lowest BCUT2D eigenvalue weighted by Crippen LogP contribution is -2.07. The maximum absolute atomic E-state index is 12.2. The molecule has 0 radical (unpaired) electrons.